The van der Waals surface area contributed by atoms with Crippen molar-refractivity contribution in [1.29, 1.82) is 0 Å². The topological polar surface area (TPSA) is 97.0 Å². The summed E-state index contributed by atoms with van der Waals surface area (Å²) in [4.78, 5) is 12.1. The van der Waals surface area contributed by atoms with Crippen LogP contribution in [0.5, 0.6) is 5.75 Å². The molecular formula is C27H31N3O5. The van der Waals surface area contributed by atoms with Crippen molar-refractivity contribution >= 4 is 28.4 Å². The first kappa shape index (κ1) is 22.2. The Hall–Kier alpha value is -3.23. The van der Waals surface area contributed by atoms with Crippen LogP contribution in [-0.2, 0) is 14.2 Å². The van der Waals surface area contributed by atoms with Gasteiger partial charge in [0.1, 0.15) is 18.6 Å². The molecule has 3 aliphatic rings. The van der Waals surface area contributed by atoms with Crippen molar-refractivity contribution in [3.8, 4) is 17.0 Å². The number of anilines is 2. The molecular weight excluding hydrogens is 446 g/mol. The van der Waals surface area contributed by atoms with Crippen LogP contribution in [0.4, 0.5) is 16.2 Å². The highest BCUT2D eigenvalue weighted by Crippen LogP contribution is 2.45. The normalized spacial score (nSPS) is 18.9. The predicted molar refractivity (Wildman–Crippen MR) is 134 cm³/mol. The number of nitrogens with zero attached hydrogens (tertiary/aromatic N) is 1. The van der Waals surface area contributed by atoms with Crippen LogP contribution < -0.4 is 15.8 Å². The molecule has 1 saturated heterocycles. The average Bonchev–Trinajstić information content (AvgIpc) is 3.63. The summed E-state index contributed by atoms with van der Waals surface area (Å²) in [5, 5.41) is 3.83. The second-order valence-electron chi connectivity index (χ2n) is 9.74. The number of amides is 1. The fraction of sp³-hybridized carbons (Fsp3) is 0.444. The second-order valence-corrected chi connectivity index (χ2v) is 9.74. The van der Waals surface area contributed by atoms with Crippen molar-refractivity contribution in [2.75, 3.05) is 37.7 Å². The van der Waals surface area contributed by atoms with Crippen molar-refractivity contribution in [3.63, 3.8) is 0 Å². The van der Waals surface area contributed by atoms with Gasteiger partial charge in [0.05, 0.1) is 36.7 Å². The highest BCUT2D eigenvalue weighted by Gasteiger charge is 2.28. The molecule has 6 rings (SSSR count). The average molecular weight is 478 g/mol. The highest BCUT2D eigenvalue weighted by atomic mass is 16.7. The van der Waals surface area contributed by atoms with Gasteiger partial charge < -0.3 is 29.2 Å². The third-order valence-electron chi connectivity index (χ3n) is 7.08. The molecule has 184 valence electrons. The molecule has 0 spiro atoms. The van der Waals surface area contributed by atoms with Crippen LogP contribution in [0.3, 0.4) is 0 Å². The Morgan fingerprint density at radius 2 is 1.83 bits per heavy atom. The SMILES string of the molecule is Nc1c(-c2ccc(NC(=O)OCC3CC3)cc2)n(C2CCC2)c2cc(OC3COCOC3)ccc12. The molecule has 8 nitrogen and oxygen atoms in total. The number of carbonyl (C=O) groups is 1. The van der Waals surface area contributed by atoms with Crippen molar-refractivity contribution in [1.82, 2.24) is 4.57 Å². The minimum absolute atomic E-state index is 0.124. The van der Waals surface area contributed by atoms with Crippen molar-refractivity contribution in [2.45, 2.75) is 44.2 Å². The number of nitrogens with one attached hydrogen (secondary N) is 1. The minimum atomic E-state index is -0.408. The van der Waals surface area contributed by atoms with Gasteiger partial charge in [-0.1, -0.05) is 12.1 Å². The lowest BCUT2D eigenvalue weighted by atomic mass is 9.92. The molecule has 8 heteroatoms. The Balaban J connectivity index is 1.28. The van der Waals surface area contributed by atoms with E-state index >= 15 is 0 Å². The molecule has 2 aromatic carbocycles. The lowest BCUT2D eigenvalue weighted by molar-refractivity contribution is -0.143. The number of rotatable bonds is 7. The van der Waals surface area contributed by atoms with Gasteiger partial charge in [0, 0.05) is 28.7 Å². The maximum Gasteiger partial charge on any atom is 0.411 e. The molecule has 35 heavy (non-hydrogen) atoms. The van der Waals surface area contributed by atoms with Gasteiger partial charge in [-0.2, -0.15) is 0 Å². The Bertz CT molecular complexity index is 1210. The molecule has 1 aliphatic heterocycles. The monoisotopic (exact) mass is 477 g/mol. The van der Waals surface area contributed by atoms with Crippen molar-refractivity contribution < 1.29 is 23.7 Å². The number of nitrogen functional groups attached to an aromatic ring is 1. The molecule has 1 aromatic heterocycles. The number of ether oxygens (including phenoxy) is 4. The Morgan fingerprint density at radius 1 is 1.06 bits per heavy atom. The summed E-state index contributed by atoms with van der Waals surface area (Å²) in [7, 11) is 0. The zero-order valence-corrected chi connectivity index (χ0v) is 19.7. The van der Waals surface area contributed by atoms with E-state index in [-0.39, 0.29) is 6.10 Å². The van der Waals surface area contributed by atoms with Crippen molar-refractivity contribution in [2.24, 2.45) is 5.92 Å². The van der Waals surface area contributed by atoms with E-state index in [1.54, 1.807) is 0 Å². The maximum atomic E-state index is 12.1. The van der Waals surface area contributed by atoms with E-state index in [4.69, 9.17) is 24.7 Å². The first-order valence-electron chi connectivity index (χ1n) is 12.5. The summed E-state index contributed by atoms with van der Waals surface area (Å²) in [6.07, 6.45) is 5.22. The van der Waals surface area contributed by atoms with E-state index in [9.17, 15) is 4.79 Å². The molecule has 1 amide bonds. The molecule has 3 N–H and O–H groups in total. The first-order chi connectivity index (χ1) is 17.2. The molecule has 0 bridgehead atoms. The fourth-order valence-corrected chi connectivity index (χ4v) is 4.78. The smallest absolute Gasteiger partial charge is 0.411 e. The third-order valence-corrected chi connectivity index (χ3v) is 7.08. The quantitative estimate of drug-likeness (QED) is 0.478. The highest BCUT2D eigenvalue weighted by molar-refractivity contribution is 6.01. The van der Waals surface area contributed by atoms with Gasteiger partial charge in [-0.15, -0.1) is 0 Å². The Labute approximate surface area is 204 Å². The number of nitrogens with two attached hydrogens (primary N) is 1. The molecule has 2 saturated carbocycles. The van der Waals surface area contributed by atoms with E-state index in [1.807, 2.05) is 36.4 Å². The number of carbonyl (C=O) groups excluding carboxylic acids is 1. The van der Waals surface area contributed by atoms with Crippen LogP contribution in [0.25, 0.3) is 22.2 Å². The van der Waals surface area contributed by atoms with E-state index in [2.05, 4.69) is 16.0 Å². The van der Waals surface area contributed by atoms with Gasteiger partial charge in [0.15, 0.2) is 0 Å². The molecule has 3 fully saturated rings. The Morgan fingerprint density at radius 3 is 2.51 bits per heavy atom. The van der Waals surface area contributed by atoms with Crippen LogP contribution in [-0.4, -0.2) is 43.4 Å². The molecule has 2 aliphatic carbocycles. The first-order valence-corrected chi connectivity index (χ1v) is 12.5. The van der Waals surface area contributed by atoms with Crippen molar-refractivity contribution in [3.05, 3.63) is 42.5 Å². The summed E-state index contributed by atoms with van der Waals surface area (Å²) in [6.45, 7) is 1.85. The summed E-state index contributed by atoms with van der Waals surface area (Å²) in [5.74, 6) is 1.32. The van der Waals surface area contributed by atoms with Gasteiger partial charge in [0.25, 0.3) is 0 Å². The fourth-order valence-electron chi connectivity index (χ4n) is 4.78. The summed E-state index contributed by atoms with van der Waals surface area (Å²) >= 11 is 0. The second kappa shape index (κ2) is 9.43. The molecule has 0 atom stereocenters. The van der Waals surface area contributed by atoms with Gasteiger partial charge >= 0.3 is 6.09 Å². The van der Waals surface area contributed by atoms with Crippen LogP contribution in [0.1, 0.15) is 38.1 Å². The molecule has 2 heterocycles. The number of fused-ring (bicyclic) bond motifs is 1. The van der Waals surface area contributed by atoms with Crippen LogP contribution in [0.2, 0.25) is 0 Å². The summed E-state index contributed by atoms with van der Waals surface area (Å²) < 4.78 is 24.5. The number of hydrogen-bond acceptors (Lipinski definition) is 6. The van der Waals surface area contributed by atoms with Crippen LogP contribution >= 0.6 is 0 Å². The molecule has 3 aromatic rings. The lowest BCUT2D eigenvalue weighted by Gasteiger charge is -2.30. The maximum absolute atomic E-state index is 12.1. The van der Waals surface area contributed by atoms with E-state index < -0.39 is 6.09 Å². The minimum Gasteiger partial charge on any atom is -0.486 e. The molecule has 0 radical (unpaired) electrons. The van der Waals surface area contributed by atoms with Gasteiger partial charge in [-0.05, 0) is 62.3 Å². The molecule has 0 unspecified atom stereocenters. The zero-order chi connectivity index (χ0) is 23.8. The van der Waals surface area contributed by atoms with E-state index in [0.717, 1.165) is 59.3 Å². The number of hydrogen-bond donors (Lipinski definition) is 2. The standard InChI is InChI=1S/C27H31N3O5/c28-25-23-11-10-21(35-22-14-32-16-33-15-22)12-24(23)30(20-2-1-3-20)26(25)18-6-8-19(9-7-18)29-27(31)34-13-17-4-5-17/h6-12,17,20,22H,1-5,13-16,28H2,(H,29,31). The lowest BCUT2D eigenvalue weighted by Crippen LogP contribution is -2.33. The van der Waals surface area contributed by atoms with Crippen LogP contribution in [0.15, 0.2) is 42.5 Å². The summed E-state index contributed by atoms with van der Waals surface area (Å²) in [6, 6.07) is 14.3. The van der Waals surface area contributed by atoms with Gasteiger partial charge in [-0.25, -0.2) is 4.79 Å². The van der Waals surface area contributed by atoms with E-state index in [1.165, 1.54) is 6.42 Å². The summed E-state index contributed by atoms with van der Waals surface area (Å²) in [5.41, 5.74) is 11.3. The predicted octanol–water partition coefficient (Wildman–Crippen LogP) is 5.33. The largest absolute Gasteiger partial charge is 0.486 e. The zero-order valence-electron chi connectivity index (χ0n) is 19.7. The number of benzene rings is 2. The van der Waals surface area contributed by atoms with Crippen LogP contribution in [0, 0.1) is 5.92 Å². The Kier molecular flexibility index (Phi) is 6.00. The number of aromatic nitrogens is 1. The van der Waals surface area contributed by atoms with Gasteiger partial charge in [0.2, 0.25) is 0 Å². The van der Waals surface area contributed by atoms with Gasteiger partial charge in [-0.3, -0.25) is 5.32 Å². The van der Waals surface area contributed by atoms with E-state index in [0.29, 0.717) is 44.3 Å². The third kappa shape index (κ3) is 4.68.